The fourth-order valence-electron chi connectivity index (χ4n) is 0.936. The van der Waals surface area contributed by atoms with Crippen LogP contribution in [-0.4, -0.2) is 22.7 Å². The van der Waals surface area contributed by atoms with E-state index in [1.807, 2.05) is 0 Å². The largest absolute Gasteiger partial charge is 0.392 e. The maximum Gasteiger partial charge on any atom is 0.161 e. The second kappa shape index (κ2) is 5.37. The molecular formula is C8H12Cl2N4O. The molecule has 1 heterocycles. The lowest BCUT2D eigenvalue weighted by Crippen LogP contribution is -2.17. The molecule has 1 aromatic rings. The summed E-state index contributed by atoms with van der Waals surface area (Å²) in [4.78, 5) is 4.04. The minimum Gasteiger partial charge on any atom is -0.392 e. The van der Waals surface area contributed by atoms with E-state index < -0.39 is 6.10 Å². The van der Waals surface area contributed by atoms with Crippen molar-refractivity contribution >= 4 is 34.8 Å². The number of halogens is 2. The Hall–Kier alpha value is -0.750. The molecule has 0 saturated carbocycles. The zero-order valence-electron chi connectivity index (χ0n) is 8.09. The molecule has 5 nitrogen and oxygen atoms in total. The van der Waals surface area contributed by atoms with Gasteiger partial charge in [0.1, 0.15) is 5.82 Å². The van der Waals surface area contributed by atoms with Crippen molar-refractivity contribution in [2.75, 3.05) is 17.3 Å². The van der Waals surface area contributed by atoms with Crippen LogP contribution in [-0.2, 0) is 0 Å². The van der Waals surface area contributed by atoms with E-state index in [1.54, 1.807) is 6.92 Å². The van der Waals surface area contributed by atoms with Gasteiger partial charge in [-0.25, -0.2) is 10.8 Å². The smallest absolute Gasteiger partial charge is 0.161 e. The molecule has 0 radical (unpaired) electrons. The lowest BCUT2D eigenvalue weighted by atomic mass is 10.4. The average Bonchev–Trinajstić information content (AvgIpc) is 2.16. The number of pyridine rings is 1. The van der Waals surface area contributed by atoms with Crippen molar-refractivity contribution in [1.29, 1.82) is 0 Å². The molecule has 0 saturated heterocycles. The maximum atomic E-state index is 9.09. The van der Waals surface area contributed by atoms with Crippen LogP contribution in [0, 0.1) is 0 Å². The standard InChI is InChI=1S/C8H12Cl2N4O/c1-4(15)3-12-7-5(9)2-6(10)8(13-7)14-11/h2,4,15H,3,11H2,1H3,(H2,12,13,14). The first-order valence-electron chi connectivity index (χ1n) is 4.29. The Morgan fingerprint density at radius 2 is 2.07 bits per heavy atom. The van der Waals surface area contributed by atoms with Crippen molar-refractivity contribution in [3.8, 4) is 0 Å². The molecule has 5 N–H and O–H groups in total. The summed E-state index contributed by atoms with van der Waals surface area (Å²) in [7, 11) is 0. The van der Waals surface area contributed by atoms with E-state index >= 15 is 0 Å². The minimum absolute atomic E-state index is 0.328. The normalized spacial score (nSPS) is 12.3. The Morgan fingerprint density at radius 3 is 2.60 bits per heavy atom. The predicted molar refractivity (Wildman–Crippen MR) is 62.2 cm³/mol. The summed E-state index contributed by atoms with van der Waals surface area (Å²) in [5, 5.41) is 12.7. The fourth-order valence-corrected chi connectivity index (χ4v) is 1.42. The van der Waals surface area contributed by atoms with Crippen LogP contribution < -0.4 is 16.6 Å². The van der Waals surface area contributed by atoms with Gasteiger partial charge in [-0.05, 0) is 13.0 Å². The van der Waals surface area contributed by atoms with Crippen LogP contribution in [0.3, 0.4) is 0 Å². The third-order valence-electron chi connectivity index (χ3n) is 1.63. The zero-order valence-corrected chi connectivity index (χ0v) is 9.60. The van der Waals surface area contributed by atoms with E-state index in [4.69, 9.17) is 34.2 Å². The van der Waals surface area contributed by atoms with Gasteiger partial charge in [-0.15, -0.1) is 0 Å². The summed E-state index contributed by atoms with van der Waals surface area (Å²) in [6, 6.07) is 1.52. The number of aliphatic hydroxyl groups excluding tert-OH is 1. The third kappa shape index (κ3) is 3.39. The predicted octanol–water partition coefficient (Wildman–Crippen LogP) is 1.47. The van der Waals surface area contributed by atoms with E-state index in [0.717, 1.165) is 0 Å². The van der Waals surface area contributed by atoms with Crippen LogP contribution in [0.1, 0.15) is 6.92 Å². The monoisotopic (exact) mass is 250 g/mol. The fraction of sp³-hybridized carbons (Fsp3) is 0.375. The van der Waals surface area contributed by atoms with Crippen molar-refractivity contribution in [3.63, 3.8) is 0 Å². The molecule has 0 bridgehead atoms. The van der Waals surface area contributed by atoms with E-state index in [1.165, 1.54) is 6.07 Å². The van der Waals surface area contributed by atoms with Crippen LogP contribution >= 0.6 is 23.2 Å². The average molecular weight is 251 g/mol. The van der Waals surface area contributed by atoms with Crippen molar-refractivity contribution in [2.24, 2.45) is 5.84 Å². The molecule has 0 aliphatic carbocycles. The van der Waals surface area contributed by atoms with Crippen LogP contribution in [0.25, 0.3) is 0 Å². The van der Waals surface area contributed by atoms with E-state index in [2.05, 4.69) is 15.7 Å². The highest BCUT2D eigenvalue weighted by Gasteiger charge is 2.08. The van der Waals surface area contributed by atoms with E-state index in [-0.39, 0.29) is 0 Å². The molecule has 0 fully saturated rings. The molecule has 0 amide bonds. The SMILES string of the molecule is CC(O)CNc1nc(NN)c(Cl)cc1Cl. The number of nitrogens with zero attached hydrogens (tertiary/aromatic N) is 1. The van der Waals surface area contributed by atoms with Crippen molar-refractivity contribution in [2.45, 2.75) is 13.0 Å². The Labute approximate surface area is 97.6 Å². The van der Waals surface area contributed by atoms with Crippen LogP contribution in [0.2, 0.25) is 10.0 Å². The van der Waals surface area contributed by atoms with Crippen LogP contribution in [0.15, 0.2) is 6.07 Å². The topological polar surface area (TPSA) is 83.2 Å². The number of hydrazine groups is 1. The highest BCUT2D eigenvalue weighted by molar-refractivity contribution is 6.37. The number of hydrogen-bond donors (Lipinski definition) is 4. The molecule has 15 heavy (non-hydrogen) atoms. The molecule has 7 heteroatoms. The number of rotatable bonds is 4. The summed E-state index contributed by atoms with van der Waals surface area (Å²) >= 11 is 11.7. The van der Waals surface area contributed by atoms with Crippen molar-refractivity contribution < 1.29 is 5.11 Å². The highest BCUT2D eigenvalue weighted by atomic mass is 35.5. The number of aliphatic hydroxyl groups is 1. The second-order valence-electron chi connectivity index (χ2n) is 3.02. The summed E-state index contributed by atoms with van der Waals surface area (Å²) in [6.07, 6.45) is -0.493. The molecule has 0 aromatic carbocycles. The molecule has 1 atom stereocenters. The Kier molecular flexibility index (Phi) is 4.41. The number of nitrogen functional groups attached to an aromatic ring is 1. The Bertz CT molecular complexity index is 346. The van der Waals surface area contributed by atoms with Gasteiger partial charge in [0.15, 0.2) is 5.82 Å². The first-order valence-corrected chi connectivity index (χ1v) is 5.04. The molecule has 1 aromatic heterocycles. The minimum atomic E-state index is -0.493. The third-order valence-corrected chi connectivity index (χ3v) is 2.21. The first kappa shape index (κ1) is 12.3. The van der Waals surface area contributed by atoms with E-state index in [0.29, 0.717) is 28.2 Å². The number of anilines is 2. The molecule has 0 aliphatic rings. The van der Waals surface area contributed by atoms with Crippen molar-refractivity contribution in [1.82, 2.24) is 4.98 Å². The van der Waals surface area contributed by atoms with Gasteiger partial charge >= 0.3 is 0 Å². The molecule has 0 spiro atoms. The summed E-state index contributed by atoms with van der Waals surface area (Å²) in [6.45, 7) is 2.00. The Morgan fingerprint density at radius 1 is 1.47 bits per heavy atom. The molecule has 1 unspecified atom stereocenters. The van der Waals surface area contributed by atoms with Crippen molar-refractivity contribution in [3.05, 3.63) is 16.1 Å². The van der Waals surface area contributed by atoms with Gasteiger partial charge < -0.3 is 15.8 Å². The molecule has 84 valence electrons. The number of nitrogens with two attached hydrogens (primary N) is 1. The summed E-state index contributed by atoms with van der Waals surface area (Å²) in [5.74, 6) is 5.96. The van der Waals surface area contributed by atoms with Gasteiger partial charge in [0.25, 0.3) is 0 Å². The van der Waals surface area contributed by atoms with Gasteiger partial charge in [-0.3, -0.25) is 0 Å². The lowest BCUT2D eigenvalue weighted by Gasteiger charge is -2.11. The van der Waals surface area contributed by atoms with Gasteiger partial charge in [0.2, 0.25) is 0 Å². The zero-order chi connectivity index (χ0) is 11.4. The van der Waals surface area contributed by atoms with Gasteiger partial charge in [-0.2, -0.15) is 0 Å². The maximum absolute atomic E-state index is 9.09. The molecule has 1 rings (SSSR count). The highest BCUT2D eigenvalue weighted by Crippen LogP contribution is 2.28. The lowest BCUT2D eigenvalue weighted by molar-refractivity contribution is 0.208. The Balaban J connectivity index is 2.87. The second-order valence-corrected chi connectivity index (χ2v) is 3.84. The summed E-state index contributed by atoms with van der Waals surface area (Å²) in [5.41, 5.74) is 2.35. The molecular weight excluding hydrogens is 239 g/mol. The number of nitrogens with one attached hydrogen (secondary N) is 2. The number of hydrogen-bond acceptors (Lipinski definition) is 5. The van der Waals surface area contributed by atoms with Gasteiger partial charge in [0.05, 0.1) is 16.1 Å². The quantitative estimate of drug-likeness (QED) is 0.481. The van der Waals surface area contributed by atoms with Crippen LogP contribution in [0.5, 0.6) is 0 Å². The van der Waals surface area contributed by atoms with Crippen LogP contribution in [0.4, 0.5) is 11.6 Å². The first-order chi connectivity index (χ1) is 7.04. The van der Waals surface area contributed by atoms with E-state index in [9.17, 15) is 0 Å². The van der Waals surface area contributed by atoms with Gasteiger partial charge in [-0.1, -0.05) is 23.2 Å². The molecule has 0 aliphatic heterocycles. The number of aromatic nitrogens is 1. The van der Waals surface area contributed by atoms with Gasteiger partial charge in [0, 0.05) is 6.54 Å². The summed E-state index contributed by atoms with van der Waals surface area (Å²) < 4.78 is 0.